The Hall–Kier alpha value is -0.580. The molecule has 0 fully saturated rings. The predicted molar refractivity (Wildman–Crippen MR) is 82.2 cm³/mol. The molecule has 0 radical (unpaired) electrons. The number of thiophene rings is 1. The molecule has 1 aromatic heterocycles. The van der Waals surface area contributed by atoms with Gasteiger partial charge in [0.25, 0.3) is 0 Å². The Labute approximate surface area is 127 Å². The maximum Gasteiger partial charge on any atom is 0.107 e. The van der Waals surface area contributed by atoms with Gasteiger partial charge >= 0.3 is 0 Å². The molecule has 0 spiro atoms. The van der Waals surface area contributed by atoms with Gasteiger partial charge in [0.1, 0.15) is 10.4 Å². The van der Waals surface area contributed by atoms with Crippen molar-refractivity contribution in [3.63, 3.8) is 0 Å². The van der Waals surface area contributed by atoms with E-state index in [0.29, 0.717) is 14.2 Å². The van der Waals surface area contributed by atoms with Crippen LogP contribution in [-0.2, 0) is 6.54 Å². The van der Waals surface area contributed by atoms with Crippen LogP contribution in [0.15, 0.2) is 30.3 Å². The third-order valence-corrected chi connectivity index (χ3v) is 4.33. The van der Waals surface area contributed by atoms with Crippen molar-refractivity contribution >= 4 is 34.5 Å². The Bertz CT molecular complexity index is 568. The molecule has 0 aliphatic heterocycles. The SMILES string of the molecule is CN(C)Cc1ccccc1C(O)c1cc(Cl)sc1Cl. The molecule has 2 rings (SSSR count). The number of hydrogen-bond donors (Lipinski definition) is 1. The molecule has 0 aliphatic carbocycles. The first-order chi connectivity index (χ1) is 8.99. The third kappa shape index (κ3) is 3.50. The van der Waals surface area contributed by atoms with E-state index in [1.807, 2.05) is 38.4 Å². The molecular weight excluding hydrogens is 301 g/mol. The molecule has 0 saturated heterocycles. The number of hydrogen-bond acceptors (Lipinski definition) is 3. The Morgan fingerprint density at radius 2 is 1.89 bits per heavy atom. The minimum absolute atomic E-state index is 0.539. The Morgan fingerprint density at radius 3 is 2.47 bits per heavy atom. The van der Waals surface area contributed by atoms with Gasteiger partial charge < -0.3 is 10.0 Å². The molecule has 1 atom stereocenters. The summed E-state index contributed by atoms with van der Waals surface area (Å²) in [4.78, 5) is 2.06. The number of aliphatic hydroxyl groups is 1. The Kier molecular flexibility index (Phi) is 4.87. The summed E-state index contributed by atoms with van der Waals surface area (Å²) in [6.45, 7) is 0.767. The van der Waals surface area contributed by atoms with Crippen LogP contribution in [0.5, 0.6) is 0 Å². The molecule has 0 amide bonds. The fraction of sp³-hybridized carbons (Fsp3) is 0.286. The van der Waals surface area contributed by atoms with Crippen LogP contribution in [0.2, 0.25) is 8.67 Å². The highest BCUT2D eigenvalue weighted by molar-refractivity contribution is 7.20. The van der Waals surface area contributed by atoms with Crippen molar-refractivity contribution in [2.24, 2.45) is 0 Å². The Morgan fingerprint density at radius 1 is 1.21 bits per heavy atom. The largest absolute Gasteiger partial charge is 0.384 e. The van der Waals surface area contributed by atoms with E-state index in [0.717, 1.165) is 17.7 Å². The molecule has 1 unspecified atom stereocenters. The lowest BCUT2D eigenvalue weighted by Gasteiger charge is -2.18. The summed E-state index contributed by atoms with van der Waals surface area (Å²) in [5.74, 6) is 0. The normalized spacial score (nSPS) is 12.9. The average Bonchev–Trinajstić information content (AvgIpc) is 2.67. The Balaban J connectivity index is 2.38. The van der Waals surface area contributed by atoms with Gasteiger partial charge in [0.05, 0.1) is 4.34 Å². The van der Waals surface area contributed by atoms with Crippen LogP contribution in [-0.4, -0.2) is 24.1 Å². The second-order valence-corrected chi connectivity index (χ2v) is 6.90. The lowest BCUT2D eigenvalue weighted by molar-refractivity contribution is 0.218. The molecule has 1 N–H and O–H groups in total. The standard InChI is InChI=1S/C14H15Cl2NOS/c1-17(2)8-9-5-3-4-6-10(9)13(18)11-7-12(15)19-14(11)16/h3-7,13,18H,8H2,1-2H3. The molecule has 19 heavy (non-hydrogen) atoms. The summed E-state index contributed by atoms with van der Waals surface area (Å²) in [5, 5.41) is 10.5. The highest BCUT2D eigenvalue weighted by Gasteiger charge is 2.19. The number of halogens is 2. The summed E-state index contributed by atoms with van der Waals surface area (Å²) >= 11 is 13.3. The van der Waals surface area contributed by atoms with Gasteiger partial charge in [0, 0.05) is 12.1 Å². The van der Waals surface area contributed by atoms with Gasteiger partial charge in [-0.2, -0.15) is 0 Å². The smallest absolute Gasteiger partial charge is 0.107 e. The fourth-order valence-electron chi connectivity index (χ4n) is 1.99. The topological polar surface area (TPSA) is 23.5 Å². The van der Waals surface area contributed by atoms with E-state index < -0.39 is 6.10 Å². The second-order valence-electron chi connectivity index (χ2n) is 4.62. The van der Waals surface area contributed by atoms with Crippen molar-refractivity contribution in [3.05, 3.63) is 55.7 Å². The van der Waals surface area contributed by atoms with Gasteiger partial charge in [-0.05, 0) is 31.3 Å². The van der Waals surface area contributed by atoms with Gasteiger partial charge in [-0.25, -0.2) is 0 Å². The molecule has 5 heteroatoms. The minimum Gasteiger partial charge on any atom is -0.384 e. The monoisotopic (exact) mass is 315 g/mol. The van der Waals surface area contributed by atoms with Gasteiger partial charge in [0.2, 0.25) is 0 Å². The van der Waals surface area contributed by atoms with Crippen LogP contribution >= 0.6 is 34.5 Å². The molecule has 1 aromatic carbocycles. The zero-order valence-corrected chi connectivity index (χ0v) is 13.1. The molecule has 0 saturated carbocycles. The van der Waals surface area contributed by atoms with Crippen LogP contribution in [0.1, 0.15) is 22.8 Å². The minimum atomic E-state index is -0.743. The summed E-state index contributed by atoms with van der Waals surface area (Å²) in [6, 6.07) is 9.55. The molecule has 0 bridgehead atoms. The first-order valence-electron chi connectivity index (χ1n) is 5.84. The summed E-state index contributed by atoms with van der Waals surface area (Å²) in [7, 11) is 4.00. The van der Waals surface area contributed by atoms with Gasteiger partial charge in [0.15, 0.2) is 0 Å². The van der Waals surface area contributed by atoms with E-state index in [2.05, 4.69) is 4.90 Å². The van der Waals surface area contributed by atoms with Crippen molar-refractivity contribution in [1.29, 1.82) is 0 Å². The van der Waals surface area contributed by atoms with Crippen molar-refractivity contribution in [1.82, 2.24) is 4.90 Å². The quantitative estimate of drug-likeness (QED) is 0.914. The van der Waals surface area contributed by atoms with E-state index in [9.17, 15) is 5.11 Å². The summed E-state index contributed by atoms with van der Waals surface area (Å²) < 4.78 is 1.13. The van der Waals surface area contributed by atoms with E-state index in [1.54, 1.807) is 6.07 Å². The maximum absolute atomic E-state index is 10.5. The maximum atomic E-state index is 10.5. The first-order valence-corrected chi connectivity index (χ1v) is 7.41. The number of benzene rings is 1. The fourth-order valence-corrected chi connectivity index (χ4v) is 3.51. The summed E-state index contributed by atoms with van der Waals surface area (Å²) in [6.07, 6.45) is -0.743. The van der Waals surface area contributed by atoms with Gasteiger partial charge in [-0.1, -0.05) is 47.5 Å². The number of nitrogens with zero attached hydrogens (tertiary/aromatic N) is 1. The molecule has 2 nitrogen and oxygen atoms in total. The van der Waals surface area contributed by atoms with Crippen molar-refractivity contribution in [2.75, 3.05) is 14.1 Å². The van der Waals surface area contributed by atoms with Gasteiger partial charge in [-0.3, -0.25) is 0 Å². The number of aliphatic hydroxyl groups excluding tert-OH is 1. The molecule has 102 valence electrons. The average molecular weight is 316 g/mol. The molecule has 0 aliphatic rings. The zero-order valence-electron chi connectivity index (χ0n) is 10.7. The van der Waals surface area contributed by atoms with Crippen LogP contribution in [0.3, 0.4) is 0 Å². The van der Waals surface area contributed by atoms with Crippen LogP contribution in [0, 0.1) is 0 Å². The molecular formula is C14H15Cl2NOS. The number of rotatable bonds is 4. The highest BCUT2D eigenvalue weighted by atomic mass is 35.5. The first kappa shape index (κ1) is 14.8. The molecule has 2 aromatic rings. The van der Waals surface area contributed by atoms with E-state index in [4.69, 9.17) is 23.2 Å². The van der Waals surface area contributed by atoms with Crippen LogP contribution < -0.4 is 0 Å². The zero-order chi connectivity index (χ0) is 14.0. The van der Waals surface area contributed by atoms with Crippen molar-refractivity contribution in [3.8, 4) is 0 Å². The van der Waals surface area contributed by atoms with E-state index in [1.165, 1.54) is 11.3 Å². The predicted octanol–water partition coefficient (Wildman–Crippen LogP) is 4.20. The van der Waals surface area contributed by atoms with Crippen molar-refractivity contribution in [2.45, 2.75) is 12.6 Å². The van der Waals surface area contributed by atoms with E-state index >= 15 is 0 Å². The van der Waals surface area contributed by atoms with Crippen LogP contribution in [0.25, 0.3) is 0 Å². The third-order valence-electron chi connectivity index (χ3n) is 2.81. The lowest BCUT2D eigenvalue weighted by Crippen LogP contribution is -2.14. The second kappa shape index (κ2) is 6.25. The molecule has 1 heterocycles. The summed E-state index contributed by atoms with van der Waals surface area (Å²) in [5.41, 5.74) is 2.62. The van der Waals surface area contributed by atoms with Crippen molar-refractivity contribution < 1.29 is 5.11 Å². The lowest BCUT2D eigenvalue weighted by atomic mass is 9.98. The van der Waals surface area contributed by atoms with E-state index in [-0.39, 0.29) is 0 Å². The van der Waals surface area contributed by atoms with Gasteiger partial charge in [-0.15, -0.1) is 11.3 Å². The highest BCUT2D eigenvalue weighted by Crippen LogP contribution is 2.38. The van der Waals surface area contributed by atoms with Crippen LogP contribution in [0.4, 0.5) is 0 Å².